The van der Waals surface area contributed by atoms with Gasteiger partial charge in [0.1, 0.15) is 5.60 Å². The Hall–Kier alpha value is -1.30. The summed E-state index contributed by atoms with van der Waals surface area (Å²) in [6.07, 6.45) is 4.60. The van der Waals surface area contributed by atoms with Crippen LogP contribution in [0.15, 0.2) is 0 Å². The summed E-state index contributed by atoms with van der Waals surface area (Å²) >= 11 is 0. The normalized spacial score (nSPS) is 19.3. The number of aliphatic carboxylic acids is 1. The largest absolute Gasteiger partial charge is 0.480 e. The minimum absolute atomic E-state index is 0.493. The predicted octanol–water partition coefficient (Wildman–Crippen LogP) is 2.95. The van der Waals surface area contributed by atoms with E-state index < -0.39 is 29.8 Å². The molecular formula is C16H29NO5. The SMILES string of the molecule is C[C@@H](OCC1CCCCC1)[C@@H](NC(=O)OC(C)(C)C)C(=O)O. The molecule has 22 heavy (non-hydrogen) atoms. The number of carbonyl (C=O) groups is 2. The Bertz CT molecular complexity index is 371. The number of ether oxygens (including phenoxy) is 2. The lowest BCUT2D eigenvalue weighted by atomic mass is 9.90. The fraction of sp³-hybridized carbons (Fsp3) is 0.875. The van der Waals surface area contributed by atoms with Gasteiger partial charge in [0.2, 0.25) is 0 Å². The minimum Gasteiger partial charge on any atom is -0.480 e. The molecule has 0 bridgehead atoms. The van der Waals surface area contributed by atoms with Crippen molar-refractivity contribution in [2.45, 2.75) is 77.5 Å². The van der Waals surface area contributed by atoms with Crippen molar-refractivity contribution in [1.82, 2.24) is 5.32 Å². The maximum absolute atomic E-state index is 11.7. The molecule has 1 aliphatic carbocycles. The predicted molar refractivity (Wildman–Crippen MR) is 82.8 cm³/mol. The first-order valence-corrected chi connectivity index (χ1v) is 8.03. The smallest absolute Gasteiger partial charge is 0.408 e. The molecule has 6 heteroatoms. The Morgan fingerprint density at radius 2 is 1.82 bits per heavy atom. The number of rotatable bonds is 6. The van der Waals surface area contributed by atoms with Crippen LogP contribution in [-0.4, -0.2) is 41.5 Å². The van der Waals surface area contributed by atoms with Gasteiger partial charge in [0.15, 0.2) is 6.04 Å². The number of carboxylic acid groups (broad SMARTS) is 1. The van der Waals surface area contributed by atoms with Crippen molar-refractivity contribution < 1.29 is 24.2 Å². The Kier molecular flexibility index (Phi) is 7.13. The van der Waals surface area contributed by atoms with Crippen LogP contribution in [0.5, 0.6) is 0 Å². The van der Waals surface area contributed by atoms with E-state index in [1.54, 1.807) is 27.7 Å². The number of hydrogen-bond acceptors (Lipinski definition) is 4. The molecule has 1 rings (SSSR count). The minimum atomic E-state index is -1.12. The number of carbonyl (C=O) groups excluding carboxylic acids is 1. The summed E-state index contributed by atoms with van der Waals surface area (Å²) < 4.78 is 10.8. The highest BCUT2D eigenvalue weighted by atomic mass is 16.6. The van der Waals surface area contributed by atoms with E-state index >= 15 is 0 Å². The van der Waals surface area contributed by atoms with Gasteiger partial charge in [-0.3, -0.25) is 0 Å². The molecule has 0 aliphatic heterocycles. The number of nitrogens with one attached hydrogen (secondary N) is 1. The summed E-state index contributed by atoms with van der Waals surface area (Å²) in [4.78, 5) is 23.1. The quantitative estimate of drug-likeness (QED) is 0.787. The Morgan fingerprint density at radius 1 is 1.23 bits per heavy atom. The molecule has 2 atom stereocenters. The van der Waals surface area contributed by atoms with E-state index in [2.05, 4.69) is 5.32 Å². The molecule has 0 aromatic heterocycles. The van der Waals surface area contributed by atoms with Crippen LogP contribution in [0.25, 0.3) is 0 Å². The van der Waals surface area contributed by atoms with E-state index in [0.717, 1.165) is 12.8 Å². The van der Waals surface area contributed by atoms with Crippen molar-refractivity contribution in [2.75, 3.05) is 6.61 Å². The number of alkyl carbamates (subject to hydrolysis) is 1. The van der Waals surface area contributed by atoms with E-state index in [1.165, 1.54) is 19.3 Å². The van der Waals surface area contributed by atoms with E-state index in [9.17, 15) is 14.7 Å². The van der Waals surface area contributed by atoms with Crippen molar-refractivity contribution in [2.24, 2.45) is 5.92 Å². The summed E-state index contributed by atoms with van der Waals surface area (Å²) in [7, 11) is 0. The van der Waals surface area contributed by atoms with E-state index in [4.69, 9.17) is 9.47 Å². The van der Waals surface area contributed by atoms with Crippen LogP contribution in [0.3, 0.4) is 0 Å². The van der Waals surface area contributed by atoms with Gasteiger partial charge in [-0.2, -0.15) is 0 Å². The van der Waals surface area contributed by atoms with Gasteiger partial charge in [-0.1, -0.05) is 19.3 Å². The van der Waals surface area contributed by atoms with E-state index in [1.807, 2.05) is 0 Å². The summed E-state index contributed by atoms with van der Waals surface area (Å²) in [6, 6.07) is -1.11. The molecule has 0 aromatic rings. The number of hydrogen-bond donors (Lipinski definition) is 2. The third-order valence-corrected chi connectivity index (χ3v) is 3.73. The van der Waals surface area contributed by atoms with Crippen LogP contribution in [0.2, 0.25) is 0 Å². The molecule has 0 radical (unpaired) electrons. The zero-order valence-corrected chi connectivity index (χ0v) is 14.1. The summed E-state index contributed by atoms with van der Waals surface area (Å²) in [5.74, 6) is -0.630. The van der Waals surface area contributed by atoms with Crippen LogP contribution >= 0.6 is 0 Å². The standard InChI is InChI=1S/C16H29NO5/c1-11(21-10-12-8-6-5-7-9-12)13(14(18)19)17-15(20)22-16(2,3)4/h11-13H,5-10H2,1-4H3,(H,17,20)(H,18,19)/t11-,13-/m1/s1. The molecule has 0 saturated heterocycles. The number of amides is 1. The van der Waals surface area contributed by atoms with Gasteiger partial charge in [0.25, 0.3) is 0 Å². The first-order valence-electron chi connectivity index (χ1n) is 8.03. The lowest BCUT2D eigenvalue weighted by molar-refractivity contribution is -0.143. The van der Waals surface area contributed by atoms with Crippen molar-refractivity contribution in [1.29, 1.82) is 0 Å². The highest BCUT2D eigenvalue weighted by Gasteiger charge is 2.30. The third-order valence-electron chi connectivity index (χ3n) is 3.73. The van der Waals surface area contributed by atoms with Gasteiger partial charge in [0.05, 0.1) is 6.10 Å². The van der Waals surface area contributed by atoms with E-state index in [0.29, 0.717) is 12.5 Å². The Labute approximate surface area is 132 Å². The zero-order valence-electron chi connectivity index (χ0n) is 14.1. The van der Waals surface area contributed by atoms with E-state index in [-0.39, 0.29) is 0 Å². The van der Waals surface area contributed by atoms with Crippen molar-refractivity contribution in [3.05, 3.63) is 0 Å². The van der Waals surface area contributed by atoms with Gasteiger partial charge in [-0.15, -0.1) is 0 Å². The third kappa shape index (κ3) is 7.11. The molecule has 1 amide bonds. The van der Waals surface area contributed by atoms with Crippen LogP contribution in [0.1, 0.15) is 59.8 Å². The zero-order chi connectivity index (χ0) is 16.8. The molecule has 0 unspecified atom stereocenters. The fourth-order valence-corrected chi connectivity index (χ4v) is 2.55. The summed E-state index contributed by atoms with van der Waals surface area (Å²) in [5.41, 5.74) is -0.667. The maximum Gasteiger partial charge on any atom is 0.408 e. The molecular weight excluding hydrogens is 286 g/mol. The topological polar surface area (TPSA) is 84.9 Å². The molecule has 0 aromatic carbocycles. The molecule has 0 heterocycles. The average molecular weight is 315 g/mol. The average Bonchev–Trinajstić information content (AvgIpc) is 2.41. The maximum atomic E-state index is 11.7. The van der Waals surface area contributed by atoms with Gasteiger partial charge in [-0.05, 0) is 46.5 Å². The van der Waals surface area contributed by atoms with Gasteiger partial charge >= 0.3 is 12.1 Å². The second-order valence-electron chi connectivity index (χ2n) is 7.00. The lowest BCUT2D eigenvalue weighted by Crippen LogP contribution is -2.50. The lowest BCUT2D eigenvalue weighted by Gasteiger charge is -2.27. The monoisotopic (exact) mass is 315 g/mol. The Balaban J connectivity index is 2.47. The second kappa shape index (κ2) is 8.36. The molecule has 1 saturated carbocycles. The van der Waals surface area contributed by atoms with Gasteiger partial charge in [-0.25, -0.2) is 9.59 Å². The van der Waals surface area contributed by atoms with Crippen LogP contribution in [0, 0.1) is 5.92 Å². The van der Waals surface area contributed by atoms with Crippen molar-refractivity contribution in [3.8, 4) is 0 Å². The summed E-state index contributed by atoms with van der Waals surface area (Å²) in [5, 5.41) is 11.7. The summed E-state index contributed by atoms with van der Waals surface area (Å²) in [6.45, 7) is 7.39. The second-order valence-corrected chi connectivity index (χ2v) is 7.00. The Morgan fingerprint density at radius 3 is 2.32 bits per heavy atom. The molecule has 0 spiro atoms. The van der Waals surface area contributed by atoms with Crippen LogP contribution in [-0.2, 0) is 14.3 Å². The van der Waals surface area contributed by atoms with Crippen LogP contribution < -0.4 is 5.32 Å². The molecule has 2 N–H and O–H groups in total. The molecule has 128 valence electrons. The highest BCUT2D eigenvalue weighted by Crippen LogP contribution is 2.24. The fourth-order valence-electron chi connectivity index (χ4n) is 2.55. The molecule has 1 aliphatic rings. The molecule has 1 fully saturated rings. The van der Waals surface area contributed by atoms with Gasteiger partial charge in [0, 0.05) is 6.61 Å². The van der Waals surface area contributed by atoms with Crippen molar-refractivity contribution in [3.63, 3.8) is 0 Å². The van der Waals surface area contributed by atoms with Crippen molar-refractivity contribution >= 4 is 12.1 Å². The highest BCUT2D eigenvalue weighted by molar-refractivity contribution is 5.80. The molecule has 6 nitrogen and oxygen atoms in total. The number of carboxylic acids is 1. The first kappa shape index (κ1) is 18.7. The van der Waals surface area contributed by atoms with Crippen LogP contribution in [0.4, 0.5) is 4.79 Å². The first-order chi connectivity index (χ1) is 10.2. The van der Waals surface area contributed by atoms with Gasteiger partial charge < -0.3 is 19.9 Å².